The highest BCUT2D eigenvalue weighted by Crippen LogP contribution is 2.44. The molecule has 2 aromatic carbocycles. The summed E-state index contributed by atoms with van der Waals surface area (Å²) in [6, 6.07) is 15.2. The van der Waals surface area contributed by atoms with E-state index in [9.17, 15) is 14.4 Å². The predicted molar refractivity (Wildman–Crippen MR) is 120 cm³/mol. The summed E-state index contributed by atoms with van der Waals surface area (Å²) >= 11 is 1.51. The van der Waals surface area contributed by atoms with Crippen molar-refractivity contribution in [2.75, 3.05) is 31.7 Å². The Kier molecular flexibility index (Phi) is 7.57. The summed E-state index contributed by atoms with van der Waals surface area (Å²) in [4.78, 5) is 37.3. The van der Waals surface area contributed by atoms with E-state index in [2.05, 4.69) is 17.4 Å². The minimum atomic E-state index is -1.09. The number of alkyl carbamates (subject to hydrolysis) is 1. The number of carbonyl (C=O) groups excluding carboxylic acids is 2. The fourth-order valence-electron chi connectivity index (χ4n) is 3.78. The van der Waals surface area contributed by atoms with Gasteiger partial charge in [-0.1, -0.05) is 48.5 Å². The number of carbonyl (C=O) groups is 3. The third-order valence-electron chi connectivity index (χ3n) is 5.25. The van der Waals surface area contributed by atoms with E-state index in [1.54, 1.807) is 0 Å². The lowest BCUT2D eigenvalue weighted by molar-refractivity contribution is -0.144. The molecule has 31 heavy (non-hydrogen) atoms. The van der Waals surface area contributed by atoms with Crippen molar-refractivity contribution in [2.45, 2.75) is 18.9 Å². The number of aliphatic carboxylic acids is 1. The van der Waals surface area contributed by atoms with Gasteiger partial charge in [-0.05, 0) is 35.4 Å². The number of nitrogens with one attached hydrogen (secondary N) is 1. The molecule has 0 saturated carbocycles. The van der Waals surface area contributed by atoms with E-state index in [-0.39, 0.29) is 12.5 Å². The van der Waals surface area contributed by atoms with Crippen LogP contribution in [-0.4, -0.2) is 65.7 Å². The molecule has 1 aliphatic carbocycles. The molecule has 7 nitrogen and oxygen atoms in total. The van der Waals surface area contributed by atoms with Gasteiger partial charge >= 0.3 is 12.1 Å². The van der Waals surface area contributed by atoms with Crippen LogP contribution in [0.5, 0.6) is 0 Å². The van der Waals surface area contributed by atoms with E-state index in [0.717, 1.165) is 22.3 Å². The first kappa shape index (κ1) is 22.7. The van der Waals surface area contributed by atoms with Crippen molar-refractivity contribution in [1.82, 2.24) is 10.2 Å². The van der Waals surface area contributed by atoms with Crippen LogP contribution in [-0.2, 0) is 14.3 Å². The van der Waals surface area contributed by atoms with Gasteiger partial charge in [-0.15, -0.1) is 0 Å². The lowest BCUT2D eigenvalue weighted by atomic mass is 9.98. The monoisotopic (exact) mass is 442 g/mol. The van der Waals surface area contributed by atoms with Crippen molar-refractivity contribution in [3.8, 4) is 11.1 Å². The Balaban J connectivity index is 1.61. The molecule has 2 N–H and O–H groups in total. The first-order valence-corrected chi connectivity index (χ1v) is 11.4. The summed E-state index contributed by atoms with van der Waals surface area (Å²) in [6.45, 7) is 1.56. The third kappa shape index (κ3) is 5.38. The number of nitrogens with zero attached hydrogens (tertiary/aromatic N) is 1. The van der Waals surface area contributed by atoms with Gasteiger partial charge in [0.2, 0.25) is 5.91 Å². The number of carboxylic acid groups (broad SMARTS) is 1. The van der Waals surface area contributed by atoms with Gasteiger partial charge in [0.05, 0.1) is 0 Å². The molecule has 2 amide bonds. The van der Waals surface area contributed by atoms with Crippen molar-refractivity contribution < 1.29 is 24.2 Å². The Hall–Kier alpha value is -3.00. The van der Waals surface area contributed by atoms with Crippen LogP contribution >= 0.6 is 11.8 Å². The van der Waals surface area contributed by atoms with Crippen LogP contribution < -0.4 is 5.32 Å². The van der Waals surface area contributed by atoms with E-state index < -0.39 is 30.6 Å². The number of fused-ring (bicyclic) bond motifs is 3. The molecule has 0 radical (unpaired) electrons. The molecule has 3 rings (SSSR count). The molecule has 0 fully saturated rings. The Morgan fingerprint density at radius 2 is 1.68 bits per heavy atom. The minimum absolute atomic E-state index is 0.0748. The smallest absolute Gasteiger partial charge is 0.407 e. The second-order valence-corrected chi connectivity index (χ2v) is 8.32. The Labute approximate surface area is 185 Å². The van der Waals surface area contributed by atoms with Crippen LogP contribution in [0.15, 0.2) is 48.5 Å². The van der Waals surface area contributed by atoms with Crippen LogP contribution in [0, 0.1) is 0 Å². The van der Waals surface area contributed by atoms with Crippen LogP contribution in [0.2, 0.25) is 0 Å². The van der Waals surface area contributed by atoms with Crippen molar-refractivity contribution in [3.05, 3.63) is 59.7 Å². The molecular formula is C23H26N2O5S. The molecule has 0 unspecified atom stereocenters. The van der Waals surface area contributed by atoms with Crippen LogP contribution in [0.4, 0.5) is 4.79 Å². The van der Waals surface area contributed by atoms with Gasteiger partial charge in [-0.3, -0.25) is 9.59 Å². The second-order valence-electron chi connectivity index (χ2n) is 7.34. The maximum atomic E-state index is 12.6. The summed E-state index contributed by atoms with van der Waals surface area (Å²) in [6.07, 6.45) is 1.17. The fourth-order valence-corrected chi connectivity index (χ4v) is 4.19. The van der Waals surface area contributed by atoms with Gasteiger partial charge in [-0.25, -0.2) is 4.79 Å². The van der Waals surface area contributed by atoms with Gasteiger partial charge in [0.25, 0.3) is 0 Å². The number of hydrogen-bond donors (Lipinski definition) is 2. The molecular weight excluding hydrogens is 416 g/mol. The normalized spacial score (nSPS) is 13.1. The summed E-state index contributed by atoms with van der Waals surface area (Å²) in [5, 5.41) is 11.6. The molecule has 0 saturated heterocycles. The van der Waals surface area contributed by atoms with Gasteiger partial charge in [0.1, 0.15) is 19.2 Å². The minimum Gasteiger partial charge on any atom is -0.480 e. The summed E-state index contributed by atoms with van der Waals surface area (Å²) in [5.74, 6) is -1.02. The second kappa shape index (κ2) is 10.3. The largest absolute Gasteiger partial charge is 0.480 e. The summed E-state index contributed by atoms with van der Waals surface area (Å²) in [7, 11) is 0. The molecule has 2 aromatic rings. The number of amides is 2. The zero-order valence-corrected chi connectivity index (χ0v) is 18.4. The molecule has 0 heterocycles. The Morgan fingerprint density at radius 1 is 1.10 bits per heavy atom. The van der Waals surface area contributed by atoms with E-state index >= 15 is 0 Å². The lowest BCUT2D eigenvalue weighted by Crippen LogP contribution is -2.49. The summed E-state index contributed by atoms with van der Waals surface area (Å²) < 4.78 is 5.46. The standard InChI is InChI=1S/C23H26N2O5S/c1-15(22(28)25(11-12-31-2)13-21(26)27)24-23(29)30-14-20-18-9-5-3-7-16(18)17-8-4-6-10-19(17)20/h3-10,15,20H,11-14H2,1-2H3,(H,24,29)(H,26,27)/t15-/m1/s1. The number of benzene rings is 2. The average Bonchev–Trinajstić information content (AvgIpc) is 3.08. The van der Waals surface area contributed by atoms with Gasteiger partial charge in [-0.2, -0.15) is 11.8 Å². The van der Waals surface area contributed by atoms with Crippen molar-refractivity contribution in [2.24, 2.45) is 0 Å². The van der Waals surface area contributed by atoms with Crippen molar-refractivity contribution >= 4 is 29.7 Å². The van der Waals surface area contributed by atoms with Crippen LogP contribution in [0.3, 0.4) is 0 Å². The molecule has 0 bridgehead atoms. The molecule has 0 aromatic heterocycles. The molecule has 0 aliphatic heterocycles. The first-order chi connectivity index (χ1) is 14.9. The molecule has 1 atom stereocenters. The summed E-state index contributed by atoms with van der Waals surface area (Å²) in [5.41, 5.74) is 4.47. The van der Waals surface area contributed by atoms with E-state index in [1.165, 1.54) is 23.6 Å². The molecule has 0 spiro atoms. The number of rotatable bonds is 9. The predicted octanol–water partition coefficient (Wildman–Crippen LogP) is 3.19. The number of thioether (sulfide) groups is 1. The van der Waals surface area contributed by atoms with E-state index in [0.29, 0.717) is 12.3 Å². The fraction of sp³-hybridized carbons (Fsp3) is 0.348. The molecule has 8 heteroatoms. The third-order valence-corrected chi connectivity index (χ3v) is 5.84. The first-order valence-electron chi connectivity index (χ1n) is 10.0. The Morgan fingerprint density at radius 3 is 2.23 bits per heavy atom. The number of hydrogen-bond acceptors (Lipinski definition) is 5. The van der Waals surface area contributed by atoms with Gasteiger partial charge in [0.15, 0.2) is 0 Å². The average molecular weight is 443 g/mol. The maximum absolute atomic E-state index is 12.6. The van der Waals surface area contributed by atoms with Crippen molar-refractivity contribution in [1.29, 1.82) is 0 Å². The Bertz CT molecular complexity index is 919. The zero-order valence-electron chi connectivity index (χ0n) is 17.5. The zero-order chi connectivity index (χ0) is 22.4. The quantitative estimate of drug-likeness (QED) is 0.619. The van der Waals surface area contributed by atoms with Crippen LogP contribution in [0.25, 0.3) is 11.1 Å². The highest BCUT2D eigenvalue weighted by atomic mass is 32.2. The molecule has 164 valence electrons. The highest BCUT2D eigenvalue weighted by Gasteiger charge is 2.30. The highest BCUT2D eigenvalue weighted by molar-refractivity contribution is 7.98. The number of ether oxygens (including phenoxy) is 1. The maximum Gasteiger partial charge on any atom is 0.407 e. The van der Waals surface area contributed by atoms with E-state index in [1.807, 2.05) is 42.7 Å². The SMILES string of the molecule is CSCCN(CC(=O)O)C(=O)[C@@H](C)NC(=O)OCC1c2ccccc2-c2ccccc21. The topological polar surface area (TPSA) is 95.9 Å². The molecule has 1 aliphatic rings. The van der Waals surface area contributed by atoms with Gasteiger partial charge < -0.3 is 20.1 Å². The van der Waals surface area contributed by atoms with E-state index in [4.69, 9.17) is 9.84 Å². The number of carboxylic acids is 1. The van der Waals surface area contributed by atoms with Crippen LogP contribution in [0.1, 0.15) is 24.0 Å². The van der Waals surface area contributed by atoms with Crippen molar-refractivity contribution in [3.63, 3.8) is 0 Å². The lowest BCUT2D eigenvalue weighted by Gasteiger charge is -2.24. The van der Waals surface area contributed by atoms with Gasteiger partial charge in [0, 0.05) is 18.2 Å².